The minimum absolute atomic E-state index is 0.249. The highest BCUT2D eigenvalue weighted by molar-refractivity contribution is 7.88. The van der Waals surface area contributed by atoms with Crippen LogP contribution in [0.15, 0.2) is 30.5 Å². The topological polar surface area (TPSA) is 65.5 Å². The summed E-state index contributed by atoms with van der Waals surface area (Å²) in [4.78, 5) is 3.95. The molecule has 3 rings (SSSR count). The van der Waals surface area contributed by atoms with E-state index in [-0.39, 0.29) is 17.2 Å². The van der Waals surface area contributed by atoms with Crippen LogP contribution in [0.2, 0.25) is 0 Å². The summed E-state index contributed by atoms with van der Waals surface area (Å²) in [5.74, 6) is -0.0161. The molecule has 1 aliphatic carbocycles. The molecule has 140 valence electrons. The number of aryl methyl sites for hydroxylation is 1. The van der Waals surface area contributed by atoms with Crippen LogP contribution < -0.4 is 8.92 Å². The Bertz CT molecular complexity index is 926. The van der Waals surface area contributed by atoms with Crippen molar-refractivity contribution < 1.29 is 30.5 Å². The molecular formula is C17H16F3NO4S. The Morgan fingerprint density at radius 1 is 1.12 bits per heavy atom. The largest absolute Gasteiger partial charge is 0.534 e. The van der Waals surface area contributed by atoms with Crippen LogP contribution in [0.5, 0.6) is 11.6 Å². The first-order chi connectivity index (χ1) is 12.2. The van der Waals surface area contributed by atoms with E-state index in [2.05, 4.69) is 9.17 Å². The molecule has 9 heteroatoms. The first-order valence-electron chi connectivity index (χ1n) is 7.89. The minimum atomic E-state index is -5.78. The van der Waals surface area contributed by atoms with Crippen LogP contribution in [0.4, 0.5) is 13.2 Å². The Morgan fingerprint density at radius 3 is 2.54 bits per heavy atom. The van der Waals surface area contributed by atoms with Gasteiger partial charge in [0.05, 0.1) is 7.11 Å². The molecule has 0 N–H and O–H groups in total. The Labute approximate surface area is 148 Å². The van der Waals surface area contributed by atoms with Gasteiger partial charge in [-0.05, 0) is 48.4 Å². The fraction of sp³-hybridized carbons (Fsp3) is 0.353. The Kier molecular flexibility index (Phi) is 4.83. The van der Waals surface area contributed by atoms with Gasteiger partial charge < -0.3 is 8.92 Å². The number of rotatable bonds is 4. The molecule has 1 aliphatic rings. The third kappa shape index (κ3) is 3.48. The first kappa shape index (κ1) is 18.5. The van der Waals surface area contributed by atoms with Crippen LogP contribution in [-0.4, -0.2) is 26.0 Å². The number of methoxy groups -OCH3 is 1. The maximum Gasteiger partial charge on any atom is 0.534 e. The smallest absolute Gasteiger partial charge is 0.481 e. The molecule has 0 aliphatic heterocycles. The number of fused-ring (bicyclic) bond motifs is 1. The number of benzene rings is 1. The zero-order chi connectivity index (χ0) is 18.9. The fourth-order valence-corrected chi connectivity index (χ4v) is 3.47. The van der Waals surface area contributed by atoms with Crippen molar-refractivity contribution in [3.05, 3.63) is 41.6 Å². The highest BCUT2D eigenvalue weighted by Crippen LogP contribution is 2.41. The van der Waals surface area contributed by atoms with E-state index in [1.165, 1.54) is 19.4 Å². The number of halogens is 3. The molecule has 0 saturated heterocycles. The van der Waals surface area contributed by atoms with Crippen molar-refractivity contribution in [2.24, 2.45) is 0 Å². The molecule has 0 unspecified atom stereocenters. The van der Waals surface area contributed by atoms with E-state index in [1.54, 1.807) is 18.2 Å². The zero-order valence-electron chi connectivity index (χ0n) is 13.8. The third-order valence-corrected chi connectivity index (χ3v) is 5.16. The van der Waals surface area contributed by atoms with Crippen molar-refractivity contribution in [1.82, 2.24) is 4.98 Å². The highest BCUT2D eigenvalue weighted by Gasteiger charge is 2.49. The standard InChI is InChI=1S/C17H16F3NO4S/c1-24-15-10-12(8-9-21-15)14-7-6-11-4-2-3-5-13(11)16(14)25-26(22,23)17(18,19)20/h6-10H,2-5H2,1H3. The second-order valence-corrected chi connectivity index (χ2v) is 7.39. The van der Waals surface area contributed by atoms with E-state index in [4.69, 9.17) is 4.74 Å². The molecule has 5 nitrogen and oxygen atoms in total. The zero-order valence-corrected chi connectivity index (χ0v) is 14.7. The van der Waals surface area contributed by atoms with Crippen LogP contribution in [-0.2, 0) is 23.0 Å². The molecule has 0 amide bonds. The van der Waals surface area contributed by atoms with Crippen molar-refractivity contribution in [2.75, 3.05) is 7.11 Å². The van der Waals surface area contributed by atoms with Gasteiger partial charge in [-0.15, -0.1) is 0 Å². The summed E-state index contributed by atoms with van der Waals surface area (Å²) in [6, 6.07) is 6.43. The van der Waals surface area contributed by atoms with Gasteiger partial charge in [-0.25, -0.2) is 4.98 Å². The molecule has 0 bridgehead atoms. The van der Waals surface area contributed by atoms with E-state index in [1.807, 2.05) is 0 Å². The number of aromatic nitrogens is 1. The monoisotopic (exact) mass is 387 g/mol. The number of hydrogen-bond donors (Lipinski definition) is 0. The number of nitrogens with zero attached hydrogens (tertiary/aromatic N) is 1. The van der Waals surface area contributed by atoms with Gasteiger partial charge in [-0.3, -0.25) is 0 Å². The molecule has 0 spiro atoms. The van der Waals surface area contributed by atoms with Gasteiger partial charge in [0, 0.05) is 17.8 Å². The molecule has 26 heavy (non-hydrogen) atoms. The van der Waals surface area contributed by atoms with E-state index >= 15 is 0 Å². The molecule has 0 radical (unpaired) electrons. The fourth-order valence-electron chi connectivity index (χ4n) is 2.96. The quantitative estimate of drug-likeness (QED) is 0.589. The molecule has 1 heterocycles. The van der Waals surface area contributed by atoms with Gasteiger partial charge in [0.2, 0.25) is 5.88 Å². The second-order valence-electron chi connectivity index (χ2n) is 5.86. The van der Waals surface area contributed by atoms with Crippen molar-refractivity contribution in [3.63, 3.8) is 0 Å². The van der Waals surface area contributed by atoms with E-state index in [0.717, 1.165) is 18.4 Å². The minimum Gasteiger partial charge on any atom is -0.481 e. The molecular weight excluding hydrogens is 371 g/mol. The Balaban J connectivity index is 2.19. The molecule has 0 fully saturated rings. The predicted octanol–water partition coefficient (Wildman–Crippen LogP) is 3.86. The lowest BCUT2D eigenvalue weighted by atomic mass is 9.88. The molecule has 1 aromatic carbocycles. The van der Waals surface area contributed by atoms with Crippen LogP contribution in [0.25, 0.3) is 11.1 Å². The predicted molar refractivity (Wildman–Crippen MR) is 88.5 cm³/mol. The van der Waals surface area contributed by atoms with Crippen LogP contribution in [0, 0.1) is 0 Å². The van der Waals surface area contributed by atoms with Crippen molar-refractivity contribution in [2.45, 2.75) is 31.2 Å². The average molecular weight is 387 g/mol. The maximum absolute atomic E-state index is 12.9. The molecule has 2 aromatic rings. The lowest BCUT2D eigenvalue weighted by molar-refractivity contribution is -0.0500. The first-order valence-corrected chi connectivity index (χ1v) is 9.29. The van der Waals surface area contributed by atoms with E-state index in [0.29, 0.717) is 24.0 Å². The highest BCUT2D eigenvalue weighted by atomic mass is 32.2. The van der Waals surface area contributed by atoms with Gasteiger partial charge in [0.25, 0.3) is 0 Å². The molecule has 0 atom stereocenters. The van der Waals surface area contributed by atoms with Crippen LogP contribution in [0.3, 0.4) is 0 Å². The molecule has 0 saturated carbocycles. The second kappa shape index (κ2) is 6.79. The van der Waals surface area contributed by atoms with E-state index in [9.17, 15) is 21.6 Å². The summed E-state index contributed by atoms with van der Waals surface area (Å²) in [7, 11) is -4.37. The van der Waals surface area contributed by atoms with Crippen LogP contribution in [0.1, 0.15) is 24.0 Å². The number of pyridine rings is 1. The van der Waals surface area contributed by atoms with Crippen molar-refractivity contribution in [1.29, 1.82) is 0 Å². The summed E-state index contributed by atoms with van der Waals surface area (Å²) in [6.07, 6.45) is 4.18. The van der Waals surface area contributed by atoms with Gasteiger partial charge in [-0.1, -0.05) is 12.1 Å². The van der Waals surface area contributed by atoms with Gasteiger partial charge in [0.1, 0.15) is 0 Å². The number of alkyl halides is 3. The summed E-state index contributed by atoms with van der Waals surface area (Å²) >= 11 is 0. The Hall–Kier alpha value is -2.29. The average Bonchev–Trinajstić information content (AvgIpc) is 2.61. The van der Waals surface area contributed by atoms with Gasteiger partial charge in [0.15, 0.2) is 5.75 Å². The van der Waals surface area contributed by atoms with Crippen molar-refractivity contribution >= 4 is 10.1 Å². The normalized spacial score (nSPS) is 14.6. The lowest BCUT2D eigenvalue weighted by Crippen LogP contribution is -2.29. The van der Waals surface area contributed by atoms with Gasteiger partial charge >= 0.3 is 15.6 Å². The van der Waals surface area contributed by atoms with Crippen molar-refractivity contribution in [3.8, 4) is 22.8 Å². The maximum atomic E-state index is 12.9. The van der Waals surface area contributed by atoms with Gasteiger partial charge in [-0.2, -0.15) is 21.6 Å². The lowest BCUT2D eigenvalue weighted by Gasteiger charge is -2.22. The van der Waals surface area contributed by atoms with Crippen LogP contribution >= 0.6 is 0 Å². The Morgan fingerprint density at radius 2 is 1.85 bits per heavy atom. The number of ether oxygens (including phenoxy) is 1. The SMILES string of the molecule is COc1cc(-c2ccc3c(c2OS(=O)(=O)C(F)(F)F)CCCC3)ccn1. The summed E-state index contributed by atoms with van der Waals surface area (Å²) < 4.78 is 71.5. The third-order valence-electron chi connectivity index (χ3n) is 4.21. The summed E-state index contributed by atoms with van der Waals surface area (Å²) in [6.45, 7) is 0. The summed E-state index contributed by atoms with van der Waals surface area (Å²) in [5.41, 5.74) is -3.50. The molecule has 1 aromatic heterocycles. The number of hydrogen-bond acceptors (Lipinski definition) is 5. The summed E-state index contributed by atoms with van der Waals surface area (Å²) in [5, 5.41) is 0. The van der Waals surface area contributed by atoms with E-state index < -0.39 is 15.6 Å².